The lowest BCUT2D eigenvalue weighted by atomic mass is 9.98. The van der Waals surface area contributed by atoms with E-state index in [4.69, 9.17) is 44.8 Å². The van der Waals surface area contributed by atoms with E-state index >= 15 is 0 Å². The van der Waals surface area contributed by atoms with Gasteiger partial charge >= 0.3 is 24.0 Å². The molecule has 0 bridgehead atoms. The van der Waals surface area contributed by atoms with Gasteiger partial charge in [-0.3, -0.25) is 4.79 Å². The van der Waals surface area contributed by atoms with Crippen LogP contribution in [0.3, 0.4) is 0 Å². The molecule has 0 fully saturated rings. The van der Waals surface area contributed by atoms with Gasteiger partial charge in [-0.15, -0.1) is 0 Å². The quantitative estimate of drug-likeness (QED) is 0.202. The van der Waals surface area contributed by atoms with E-state index in [1.165, 1.54) is 51.7 Å². The highest BCUT2D eigenvalue weighted by Crippen LogP contribution is 2.35. The molecule has 0 saturated carbocycles. The van der Waals surface area contributed by atoms with Crippen molar-refractivity contribution < 1.29 is 42.7 Å². The number of hydrogen-bond donors (Lipinski definition) is 0. The summed E-state index contributed by atoms with van der Waals surface area (Å²) in [5, 5.41) is 0.0364. The molecule has 0 atom stereocenters. The lowest BCUT2D eigenvalue weighted by Crippen LogP contribution is -2.25. The lowest BCUT2D eigenvalue weighted by Gasteiger charge is -2.17. The van der Waals surface area contributed by atoms with Gasteiger partial charge in [-0.2, -0.15) is 19.9 Å². The molecule has 13 nitrogen and oxygen atoms in total. The lowest BCUT2D eigenvalue weighted by molar-refractivity contribution is -0.161. The van der Waals surface area contributed by atoms with Crippen LogP contribution in [0.25, 0.3) is 0 Å². The minimum absolute atomic E-state index is 0.0364. The Hall–Kier alpha value is -4.39. The van der Waals surface area contributed by atoms with Crippen LogP contribution < -0.4 is 23.7 Å². The Morgan fingerprint density at radius 2 is 1.29 bits per heavy atom. The molecule has 0 amide bonds. The monoisotopic (exact) mass is 548 g/mol. The third-order valence-corrected chi connectivity index (χ3v) is 4.72. The van der Waals surface area contributed by atoms with E-state index in [9.17, 15) is 9.59 Å². The summed E-state index contributed by atoms with van der Waals surface area (Å²) in [6.07, 6.45) is 0. The van der Waals surface area contributed by atoms with Crippen molar-refractivity contribution in [2.45, 2.75) is 20.8 Å². The molecule has 38 heavy (non-hydrogen) atoms. The summed E-state index contributed by atoms with van der Waals surface area (Å²) < 4.78 is 37.1. The fourth-order valence-corrected chi connectivity index (χ4v) is 2.84. The molecular weight excluding hydrogens is 524 g/mol. The summed E-state index contributed by atoms with van der Waals surface area (Å²) in [6.45, 7) is 4.32. The number of nitrogens with zero attached hydrogens (tertiary/aromatic N) is 4. The Balaban J connectivity index is 1.99. The maximum atomic E-state index is 13.2. The minimum atomic E-state index is -0.957. The second-order valence-electron chi connectivity index (χ2n) is 8.32. The van der Waals surface area contributed by atoms with Gasteiger partial charge in [-0.25, -0.2) is 4.79 Å². The van der Waals surface area contributed by atoms with Crippen molar-refractivity contribution in [1.29, 1.82) is 0 Å². The minimum Gasteiger partial charge on any atom is -0.481 e. The number of benzene rings is 1. The summed E-state index contributed by atoms with van der Waals surface area (Å²) in [5.41, 5.74) is -1.01. The van der Waals surface area contributed by atoms with Gasteiger partial charge in [0.15, 0.2) is 0 Å². The first-order valence-corrected chi connectivity index (χ1v) is 11.3. The predicted octanol–water partition coefficient (Wildman–Crippen LogP) is 4.23. The molecule has 1 aromatic carbocycles. The van der Waals surface area contributed by atoms with E-state index in [0.717, 1.165) is 0 Å². The maximum Gasteiger partial charge on any atom is 0.348 e. The van der Waals surface area contributed by atoms with E-state index in [-0.39, 0.29) is 51.9 Å². The number of hydrogen-bond acceptors (Lipinski definition) is 13. The van der Waals surface area contributed by atoms with Crippen LogP contribution in [0.5, 0.6) is 41.2 Å². The largest absolute Gasteiger partial charge is 0.481 e. The zero-order chi connectivity index (χ0) is 27.9. The average molecular weight is 549 g/mol. The Kier molecular flexibility index (Phi) is 9.07. The summed E-state index contributed by atoms with van der Waals surface area (Å²) in [6, 6.07) is 6.80. The number of esters is 2. The molecule has 2 heterocycles. The second-order valence-corrected chi connectivity index (χ2v) is 8.70. The van der Waals surface area contributed by atoms with Gasteiger partial charge < -0.3 is 33.2 Å². The first-order chi connectivity index (χ1) is 18.0. The molecule has 2 aromatic heterocycles. The molecule has 0 unspecified atom stereocenters. The van der Waals surface area contributed by atoms with E-state index in [1.54, 1.807) is 20.8 Å². The highest BCUT2D eigenvalue weighted by molar-refractivity contribution is 6.29. The zero-order valence-corrected chi connectivity index (χ0v) is 22.2. The van der Waals surface area contributed by atoms with Crippen LogP contribution in [0.2, 0.25) is 5.15 Å². The topological polar surface area (TPSA) is 150 Å². The summed E-state index contributed by atoms with van der Waals surface area (Å²) in [7, 11) is 4.20. The number of rotatable bonds is 10. The molecular formula is C24H25ClN4O9. The Labute approximate surface area is 222 Å². The van der Waals surface area contributed by atoms with Crippen LogP contribution in [0.1, 0.15) is 31.1 Å². The van der Waals surface area contributed by atoms with E-state index in [0.29, 0.717) is 0 Å². The van der Waals surface area contributed by atoms with Crippen LogP contribution in [0, 0.1) is 5.41 Å². The highest BCUT2D eigenvalue weighted by atomic mass is 35.5. The fraction of sp³-hybridized carbons (Fsp3) is 0.333. The molecule has 0 aliphatic rings. The number of halogens is 1. The van der Waals surface area contributed by atoms with Crippen LogP contribution in [-0.4, -0.2) is 60.0 Å². The zero-order valence-electron chi connectivity index (χ0n) is 21.4. The van der Waals surface area contributed by atoms with Crippen molar-refractivity contribution >= 4 is 23.5 Å². The third kappa shape index (κ3) is 7.32. The normalized spacial score (nSPS) is 10.8. The van der Waals surface area contributed by atoms with E-state index < -0.39 is 24.1 Å². The van der Waals surface area contributed by atoms with Gasteiger partial charge in [0.2, 0.25) is 24.4 Å². The highest BCUT2D eigenvalue weighted by Gasteiger charge is 2.26. The van der Waals surface area contributed by atoms with Crippen molar-refractivity contribution in [3.8, 4) is 41.2 Å². The first kappa shape index (κ1) is 28.2. The molecule has 14 heteroatoms. The molecule has 0 N–H and O–H groups in total. The predicted molar refractivity (Wildman–Crippen MR) is 131 cm³/mol. The molecule has 3 aromatic rings. The van der Waals surface area contributed by atoms with Crippen LogP contribution in [0.4, 0.5) is 0 Å². The van der Waals surface area contributed by atoms with Gasteiger partial charge in [-0.05, 0) is 32.9 Å². The summed E-state index contributed by atoms with van der Waals surface area (Å²) in [5.74, 6) is -1.24. The number of methoxy groups -OCH3 is 3. The maximum absolute atomic E-state index is 13.2. The summed E-state index contributed by atoms with van der Waals surface area (Å²) in [4.78, 5) is 41.5. The van der Waals surface area contributed by atoms with E-state index in [1.807, 2.05) is 0 Å². The van der Waals surface area contributed by atoms with Crippen LogP contribution in [-0.2, 0) is 14.3 Å². The van der Waals surface area contributed by atoms with Crippen LogP contribution >= 0.6 is 11.6 Å². The van der Waals surface area contributed by atoms with Gasteiger partial charge in [-0.1, -0.05) is 17.7 Å². The van der Waals surface area contributed by atoms with E-state index in [2.05, 4.69) is 19.9 Å². The molecule has 3 rings (SSSR count). The standard InChI is InChI=1S/C24H25ClN4O9/c1-24(2,3)21(31)36-12-35-20(30)19-13(37-22-26-15(25)10-16(27-22)32-4)8-7-9-14(19)38-23-28-17(33-5)11-18(29-23)34-6/h7-11H,12H2,1-6H3. The average Bonchev–Trinajstić information content (AvgIpc) is 2.87. The Bertz CT molecular complexity index is 1290. The molecule has 0 saturated heterocycles. The number of ether oxygens (including phenoxy) is 7. The van der Waals surface area contributed by atoms with Gasteiger partial charge in [0.05, 0.1) is 32.8 Å². The number of aromatic nitrogens is 4. The molecule has 0 radical (unpaired) electrons. The van der Waals surface area contributed by atoms with Crippen molar-refractivity contribution in [3.05, 3.63) is 41.0 Å². The fourth-order valence-electron chi connectivity index (χ4n) is 2.67. The van der Waals surface area contributed by atoms with Crippen molar-refractivity contribution in [1.82, 2.24) is 19.9 Å². The molecule has 0 spiro atoms. The molecule has 0 aliphatic carbocycles. The Morgan fingerprint density at radius 3 is 1.79 bits per heavy atom. The summed E-state index contributed by atoms with van der Waals surface area (Å²) >= 11 is 6.01. The molecule has 202 valence electrons. The SMILES string of the molecule is COc1cc(Cl)nc(Oc2cccc(Oc3nc(OC)cc(OC)n3)c2C(=O)OCOC(=O)C(C)(C)C)n1. The number of carbonyl (C=O) groups is 2. The van der Waals surface area contributed by atoms with Crippen molar-refractivity contribution in [3.63, 3.8) is 0 Å². The van der Waals surface area contributed by atoms with Crippen LogP contribution in [0.15, 0.2) is 30.3 Å². The first-order valence-electron chi connectivity index (χ1n) is 10.9. The number of carbonyl (C=O) groups excluding carboxylic acids is 2. The van der Waals surface area contributed by atoms with Gasteiger partial charge in [0.25, 0.3) is 0 Å². The van der Waals surface area contributed by atoms with Gasteiger partial charge in [0, 0.05) is 6.07 Å². The van der Waals surface area contributed by atoms with Crippen molar-refractivity contribution in [2.75, 3.05) is 28.1 Å². The second kappa shape index (κ2) is 12.2. The van der Waals surface area contributed by atoms with Crippen molar-refractivity contribution in [2.24, 2.45) is 5.41 Å². The molecule has 0 aliphatic heterocycles. The Morgan fingerprint density at radius 1 is 0.789 bits per heavy atom. The third-order valence-electron chi connectivity index (χ3n) is 4.52. The van der Waals surface area contributed by atoms with Gasteiger partial charge in [0.1, 0.15) is 22.2 Å². The smallest absolute Gasteiger partial charge is 0.348 e.